The topological polar surface area (TPSA) is 78.9 Å². The molecule has 0 rings (SSSR count). The maximum Gasteiger partial charge on any atom is 0.306 e. The van der Waals surface area contributed by atoms with Crippen LogP contribution >= 0.6 is 0 Å². The standard InChI is InChI=1S/C71H118O6/c1-4-7-10-13-16-19-22-25-26-27-28-29-30-31-32-33-34-35-36-37-38-39-40-41-42-43-44-47-49-52-55-58-61-64-70(73)76-67-68(77-71(74)65-62-59-56-53-50-46-24-21-18-15-12-9-6-3)66-75-69(72)63-60-57-54-51-48-45-23-20-17-14-11-8-5-2/h7,10-12,14-16,19-21,23-26,28-29,31-32,34-35,68H,4-6,8-9,13,17-18,22,27,30,33,36-67H2,1-3H3/b10-7-,14-11-,15-12-,19-16-,23-20-,24-21-,26-25-,29-28-,32-31-,35-34-. The van der Waals surface area contributed by atoms with E-state index in [9.17, 15) is 14.4 Å². The highest BCUT2D eigenvalue weighted by Crippen LogP contribution is 2.16. The van der Waals surface area contributed by atoms with Crippen LogP contribution in [0.4, 0.5) is 0 Å². The van der Waals surface area contributed by atoms with Crippen LogP contribution in [-0.2, 0) is 28.6 Å². The van der Waals surface area contributed by atoms with E-state index >= 15 is 0 Å². The van der Waals surface area contributed by atoms with E-state index in [2.05, 4.69) is 142 Å². The van der Waals surface area contributed by atoms with Gasteiger partial charge in [-0.25, -0.2) is 0 Å². The molecule has 0 aromatic carbocycles. The average molecular weight is 1070 g/mol. The Hall–Kier alpha value is -4.19. The zero-order chi connectivity index (χ0) is 55.7. The molecule has 0 saturated carbocycles. The second-order valence-corrected chi connectivity index (χ2v) is 20.9. The van der Waals surface area contributed by atoms with E-state index in [1.54, 1.807) is 0 Å². The number of unbranched alkanes of at least 4 members (excludes halogenated alkanes) is 26. The van der Waals surface area contributed by atoms with Crippen LogP contribution in [0.15, 0.2) is 122 Å². The maximum absolute atomic E-state index is 12.8. The van der Waals surface area contributed by atoms with Crippen molar-refractivity contribution in [3.63, 3.8) is 0 Å². The Kier molecular flexibility index (Phi) is 60.8. The minimum absolute atomic E-state index is 0.0890. The summed E-state index contributed by atoms with van der Waals surface area (Å²) >= 11 is 0. The first kappa shape index (κ1) is 72.8. The van der Waals surface area contributed by atoms with Crippen molar-refractivity contribution in [2.45, 2.75) is 297 Å². The number of hydrogen-bond donors (Lipinski definition) is 0. The highest BCUT2D eigenvalue weighted by atomic mass is 16.6. The molecule has 438 valence electrons. The molecule has 0 fully saturated rings. The van der Waals surface area contributed by atoms with Crippen molar-refractivity contribution in [2.24, 2.45) is 0 Å². The number of rotatable bonds is 57. The lowest BCUT2D eigenvalue weighted by molar-refractivity contribution is -0.167. The fourth-order valence-electron chi connectivity index (χ4n) is 8.64. The van der Waals surface area contributed by atoms with Crippen LogP contribution in [0.5, 0.6) is 0 Å². The van der Waals surface area contributed by atoms with Crippen LogP contribution in [-0.4, -0.2) is 37.2 Å². The first-order valence-electron chi connectivity index (χ1n) is 32.0. The second-order valence-electron chi connectivity index (χ2n) is 20.9. The Morgan fingerprint density at radius 2 is 0.506 bits per heavy atom. The van der Waals surface area contributed by atoms with Gasteiger partial charge in [-0.2, -0.15) is 0 Å². The van der Waals surface area contributed by atoms with Crippen molar-refractivity contribution >= 4 is 17.9 Å². The van der Waals surface area contributed by atoms with E-state index in [0.717, 1.165) is 161 Å². The van der Waals surface area contributed by atoms with Gasteiger partial charge in [-0.05, 0) is 122 Å². The van der Waals surface area contributed by atoms with Gasteiger partial charge < -0.3 is 14.2 Å². The summed E-state index contributed by atoms with van der Waals surface area (Å²) in [5.74, 6) is -0.915. The summed E-state index contributed by atoms with van der Waals surface area (Å²) in [6, 6.07) is 0. The van der Waals surface area contributed by atoms with Gasteiger partial charge in [0, 0.05) is 19.3 Å². The van der Waals surface area contributed by atoms with Gasteiger partial charge in [0.1, 0.15) is 13.2 Å². The van der Waals surface area contributed by atoms with Gasteiger partial charge in [0.15, 0.2) is 6.10 Å². The Morgan fingerprint density at radius 3 is 0.792 bits per heavy atom. The molecule has 1 atom stereocenters. The first-order valence-corrected chi connectivity index (χ1v) is 32.0. The molecule has 0 heterocycles. The van der Waals surface area contributed by atoms with Crippen molar-refractivity contribution in [3.05, 3.63) is 122 Å². The molecule has 0 aromatic rings. The SMILES string of the molecule is CC/C=C\C/C=C\C/C=C\C/C=C\C/C=C\C/C=C\CCCCCCCCCCCCCCCCC(=O)OCC(COC(=O)CCCCCCC/C=C\C/C=C\CCC)OC(=O)CCCCCCC/C=C\C/C=C\CCC. The molecule has 0 aromatic heterocycles. The molecule has 0 amide bonds. The molecular weight excluding hydrogens is 949 g/mol. The van der Waals surface area contributed by atoms with Crippen LogP contribution in [0, 0.1) is 0 Å². The van der Waals surface area contributed by atoms with Gasteiger partial charge >= 0.3 is 17.9 Å². The minimum Gasteiger partial charge on any atom is -0.462 e. The predicted molar refractivity (Wildman–Crippen MR) is 334 cm³/mol. The molecule has 6 nitrogen and oxygen atoms in total. The third-order valence-corrected chi connectivity index (χ3v) is 13.4. The van der Waals surface area contributed by atoms with E-state index in [1.165, 1.54) is 89.9 Å². The van der Waals surface area contributed by atoms with Crippen LogP contribution < -0.4 is 0 Å². The molecule has 0 aliphatic heterocycles. The fourth-order valence-corrected chi connectivity index (χ4v) is 8.64. The Bertz CT molecular complexity index is 1600. The van der Waals surface area contributed by atoms with Crippen molar-refractivity contribution in [2.75, 3.05) is 13.2 Å². The zero-order valence-corrected chi connectivity index (χ0v) is 50.2. The summed E-state index contributed by atoms with van der Waals surface area (Å²) in [7, 11) is 0. The minimum atomic E-state index is -0.793. The van der Waals surface area contributed by atoms with E-state index in [1.807, 2.05) is 0 Å². The van der Waals surface area contributed by atoms with Crippen LogP contribution in [0.1, 0.15) is 290 Å². The fraction of sp³-hybridized carbons (Fsp3) is 0.676. The summed E-state index contributed by atoms with van der Waals surface area (Å²) in [6.07, 6.45) is 89.3. The first-order chi connectivity index (χ1) is 38.0. The monoisotopic (exact) mass is 1070 g/mol. The number of esters is 3. The van der Waals surface area contributed by atoms with Gasteiger partial charge in [0.25, 0.3) is 0 Å². The Balaban J connectivity index is 4.17. The largest absolute Gasteiger partial charge is 0.462 e. The van der Waals surface area contributed by atoms with E-state index in [4.69, 9.17) is 14.2 Å². The molecule has 6 heteroatoms. The lowest BCUT2D eigenvalue weighted by Gasteiger charge is -2.18. The third-order valence-electron chi connectivity index (χ3n) is 13.4. The number of ether oxygens (including phenoxy) is 3. The molecule has 0 aliphatic rings. The van der Waals surface area contributed by atoms with Crippen molar-refractivity contribution in [3.8, 4) is 0 Å². The highest BCUT2D eigenvalue weighted by Gasteiger charge is 2.19. The number of allylic oxidation sites excluding steroid dienone is 20. The average Bonchev–Trinajstić information content (AvgIpc) is 3.43. The van der Waals surface area contributed by atoms with E-state index in [-0.39, 0.29) is 31.1 Å². The van der Waals surface area contributed by atoms with E-state index in [0.29, 0.717) is 19.3 Å². The predicted octanol–water partition coefficient (Wildman–Crippen LogP) is 22.0. The highest BCUT2D eigenvalue weighted by molar-refractivity contribution is 5.71. The summed E-state index contributed by atoms with van der Waals surface area (Å²) < 4.78 is 16.9. The van der Waals surface area contributed by atoms with Gasteiger partial charge in [-0.15, -0.1) is 0 Å². The zero-order valence-electron chi connectivity index (χ0n) is 50.2. The van der Waals surface area contributed by atoms with Gasteiger partial charge in [-0.3, -0.25) is 14.4 Å². The van der Waals surface area contributed by atoms with Crippen molar-refractivity contribution in [1.82, 2.24) is 0 Å². The lowest BCUT2D eigenvalue weighted by atomic mass is 10.0. The third kappa shape index (κ3) is 62.5. The molecule has 0 aliphatic carbocycles. The van der Waals surface area contributed by atoms with Crippen molar-refractivity contribution < 1.29 is 28.6 Å². The van der Waals surface area contributed by atoms with Crippen LogP contribution in [0.2, 0.25) is 0 Å². The van der Waals surface area contributed by atoms with Gasteiger partial charge in [-0.1, -0.05) is 271 Å². The molecule has 1 unspecified atom stereocenters. The summed E-state index contributed by atoms with van der Waals surface area (Å²) in [4.78, 5) is 38.2. The summed E-state index contributed by atoms with van der Waals surface area (Å²) in [5, 5.41) is 0. The maximum atomic E-state index is 12.8. The number of carbonyl (C=O) groups excluding carboxylic acids is 3. The smallest absolute Gasteiger partial charge is 0.306 e. The summed E-state index contributed by atoms with van der Waals surface area (Å²) in [5.41, 5.74) is 0. The molecule has 0 bridgehead atoms. The molecule has 0 saturated heterocycles. The van der Waals surface area contributed by atoms with Crippen molar-refractivity contribution in [1.29, 1.82) is 0 Å². The molecule has 77 heavy (non-hydrogen) atoms. The second kappa shape index (κ2) is 64.3. The normalized spacial score (nSPS) is 12.9. The molecular formula is C71H118O6. The van der Waals surface area contributed by atoms with Crippen LogP contribution in [0.3, 0.4) is 0 Å². The number of carbonyl (C=O) groups is 3. The lowest BCUT2D eigenvalue weighted by Crippen LogP contribution is -2.30. The molecule has 0 radical (unpaired) electrons. The Morgan fingerprint density at radius 1 is 0.273 bits per heavy atom. The van der Waals surface area contributed by atoms with E-state index < -0.39 is 6.10 Å². The summed E-state index contributed by atoms with van der Waals surface area (Å²) in [6.45, 7) is 6.38. The van der Waals surface area contributed by atoms with Gasteiger partial charge in [0.05, 0.1) is 0 Å². The Labute approximate surface area is 475 Å². The molecule has 0 spiro atoms. The quantitative estimate of drug-likeness (QED) is 0.0261. The number of hydrogen-bond acceptors (Lipinski definition) is 6. The van der Waals surface area contributed by atoms with Gasteiger partial charge in [0.2, 0.25) is 0 Å². The molecule has 0 N–H and O–H groups in total. The van der Waals surface area contributed by atoms with Crippen LogP contribution in [0.25, 0.3) is 0 Å².